The van der Waals surface area contributed by atoms with E-state index in [0.717, 1.165) is 28.8 Å². The Labute approximate surface area is 170 Å². The van der Waals surface area contributed by atoms with Gasteiger partial charge >= 0.3 is 5.97 Å². The van der Waals surface area contributed by atoms with Gasteiger partial charge in [-0.1, -0.05) is 13.8 Å². The summed E-state index contributed by atoms with van der Waals surface area (Å²) in [5.74, 6) is 0.553. The summed E-state index contributed by atoms with van der Waals surface area (Å²) in [6.07, 6.45) is 1.53. The fourth-order valence-electron chi connectivity index (χ4n) is 3.65. The zero-order chi connectivity index (χ0) is 21.1. The Morgan fingerprint density at radius 3 is 2.66 bits per heavy atom. The maximum Gasteiger partial charge on any atom is 0.328 e. The molecule has 1 aliphatic heterocycles. The van der Waals surface area contributed by atoms with Crippen LogP contribution >= 0.6 is 0 Å². The fraction of sp³-hybridized carbons (Fsp3) is 0.524. The van der Waals surface area contributed by atoms with Crippen LogP contribution in [0.3, 0.4) is 0 Å². The van der Waals surface area contributed by atoms with Gasteiger partial charge in [0.1, 0.15) is 17.8 Å². The quantitative estimate of drug-likeness (QED) is 0.743. The summed E-state index contributed by atoms with van der Waals surface area (Å²) in [7, 11) is 2.95. The van der Waals surface area contributed by atoms with Crippen LogP contribution in [0, 0.1) is 12.8 Å². The molecule has 3 rings (SSSR count). The molecule has 1 fully saturated rings. The Morgan fingerprint density at radius 2 is 2.00 bits per heavy atom. The predicted molar refractivity (Wildman–Crippen MR) is 110 cm³/mol. The molecule has 0 aliphatic carbocycles. The Balaban J connectivity index is 1.86. The Kier molecular flexibility index (Phi) is 6.20. The number of hydrogen-bond acceptors (Lipinski definition) is 7. The summed E-state index contributed by atoms with van der Waals surface area (Å²) >= 11 is 0. The number of nitrogens with zero attached hydrogens (tertiary/aromatic N) is 3. The Hall–Kier alpha value is -2.90. The van der Waals surface area contributed by atoms with Crippen molar-refractivity contribution in [2.45, 2.75) is 45.7 Å². The Morgan fingerprint density at radius 1 is 1.24 bits per heavy atom. The second kappa shape index (κ2) is 8.63. The molecule has 8 heteroatoms. The summed E-state index contributed by atoms with van der Waals surface area (Å²) in [5.41, 5.74) is 1.62. The van der Waals surface area contributed by atoms with Crippen LogP contribution in [-0.4, -0.2) is 54.7 Å². The molecular weight excluding hydrogens is 372 g/mol. The number of carbonyl (C=O) groups excluding carboxylic acids is 2. The smallest absolute Gasteiger partial charge is 0.328 e. The van der Waals surface area contributed by atoms with Gasteiger partial charge < -0.3 is 19.7 Å². The maximum absolute atomic E-state index is 13.0. The first-order valence-corrected chi connectivity index (χ1v) is 9.83. The lowest BCUT2D eigenvalue weighted by Gasteiger charge is -2.27. The van der Waals surface area contributed by atoms with Crippen molar-refractivity contribution in [3.63, 3.8) is 0 Å². The van der Waals surface area contributed by atoms with Gasteiger partial charge in [0, 0.05) is 11.9 Å². The van der Waals surface area contributed by atoms with E-state index in [1.165, 1.54) is 7.11 Å². The molecule has 1 N–H and O–H groups in total. The average Bonchev–Trinajstić information content (AvgIpc) is 3.20. The summed E-state index contributed by atoms with van der Waals surface area (Å²) in [6.45, 7) is 6.35. The number of rotatable bonds is 6. The minimum absolute atomic E-state index is 0.0737. The molecule has 2 atom stereocenters. The van der Waals surface area contributed by atoms with Crippen LogP contribution in [0.2, 0.25) is 0 Å². The standard InChI is InChI=1S/C21H28N4O4/c1-12(2)18(20(27)29-5)24-19(26)17-7-6-10-25(17)21-22-13(3)15-11-14(28-4)8-9-16(15)23-21/h8-9,11-12,17-18H,6-7,10H2,1-5H3,(H,24,26)/t17-,18+/m1/s1. The highest BCUT2D eigenvalue weighted by molar-refractivity contribution is 5.90. The summed E-state index contributed by atoms with van der Waals surface area (Å²) in [6, 6.07) is 4.56. The third-order valence-corrected chi connectivity index (χ3v) is 5.31. The zero-order valence-electron chi connectivity index (χ0n) is 17.6. The van der Waals surface area contributed by atoms with Crippen molar-refractivity contribution in [1.29, 1.82) is 0 Å². The molecule has 2 aromatic rings. The van der Waals surface area contributed by atoms with Crippen molar-refractivity contribution in [3.05, 3.63) is 23.9 Å². The van der Waals surface area contributed by atoms with Crippen molar-refractivity contribution >= 4 is 28.7 Å². The topological polar surface area (TPSA) is 93.7 Å². The van der Waals surface area contributed by atoms with Crippen LogP contribution in [0.4, 0.5) is 5.95 Å². The number of esters is 1. The van der Waals surface area contributed by atoms with E-state index >= 15 is 0 Å². The number of ether oxygens (including phenoxy) is 2. The van der Waals surface area contributed by atoms with Gasteiger partial charge in [-0.3, -0.25) is 4.79 Å². The van der Waals surface area contributed by atoms with Gasteiger partial charge in [-0.25, -0.2) is 14.8 Å². The third-order valence-electron chi connectivity index (χ3n) is 5.31. The molecule has 29 heavy (non-hydrogen) atoms. The minimum Gasteiger partial charge on any atom is -0.497 e. The predicted octanol–water partition coefficient (Wildman–Crippen LogP) is 2.23. The van der Waals surface area contributed by atoms with E-state index in [1.807, 2.05) is 43.9 Å². The number of nitrogens with one attached hydrogen (secondary N) is 1. The van der Waals surface area contributed by atoms with Gasteiger partial charge in [0.15, 0.2) is 0 Å². The van der Waals surface area contributed by atoms with E-state index in [-0.39, 0.29) is 11.8 Å². The number of hydrogen-bond donors (Lipinski definition) is 1. The van der Waals surface area contributed by atoms with Gasteiger partial charge in [-0.15, -0.1) is 0 Å². The van der Waals surface area contributed by atoms with Gasteiger partial charge in [-0.05, 0) is 43.9 Å². The van der Waals surface area contributed by atoms with E-state index < -0.39 is 18.1 Å². The average molecular weight is 400 g/mol. The first kappa shape index (κ1) is 20.8. The number of carbonyl (C=O) groups is 2. The van der Waals surface area contributed by atoms with Crippen molar-refractivity contribution in [2.24, 2.45) is 5.92 Å². The van der Waals surface area contributed by atoms with Crippen LogP contribution in [0.1, 0.15) is 32.4 Å². The molecule has 0 radical (unpaired) electrons. The SMILES string of the molecule is COC(=O)[C@@H](NC(=O)[C@H]1CCCN1c1nc(C)c2cc(OC)ccc2n1)C(C)C. The number of methoxy groups -OCH3 is 2. The highest BCUT2D eigenvalue weighted by Gasteiger charge is 2.35. The van der Waals surface area contributed by atoms with Crippen LogP contribution in [0.25, 0.3) is 10.9 Å². The highest BCUT2D eigenvalue weighted by atomic mass is 16.5. The molecule has 0 saturated carbocycles. The number of amides is 1. The minimum atomic E-state index is -0.679. The second-order valence-corrected chi connectivity index (χ2v) is 7.60. The molecule has 1 saturated heterocycles. The van der Waals surface area contributed by atoms with Crippen molar-refractivity contribution in [3.8, 4) is 5.75 Å². The maximum atomic E-state index is 13.0. The van der Waals surface area contributed by atoms with Crippen molar-refractivity contribution < 1.29 is 19.1 Å². The fourth-order valence-corrected chi connectivity index (χ4v) is 3.65. The largest absolute Gasteiger partial charge is 0.497 e. The molecule has 0 bridgehead atoms. The molecular formula is C21H28N4O4. The molecule has 1 aromatic carbocycles. The summed E-state index contributed by atoms with van der Waals surface area (Å²) in [5, 5.41) is 3.76. The van der Waals surface area contributed by atoms with E-state index in [4.69, 9.17) is 9.47 Å². The number of benzene rings is 1. The number of aromatic nitrogens is 2. The normalized spacial score (nSPS) is 17.4. The van der Waals surface area contributed by atoms with Crippen molar-refractivity contribution in [1.82, 2.24) is 15.3 Å². The Bertz CT molecular complexity index is 915. The third kappa shape index (κ3) is 4.26. The van der Waals surface area contributed by atoms with E-state index in [9.17, 15) is 9.59 Å². The number of fused-ring (bicyclic) bond motifs is 1. The van der Waals surface area contributed by atoms with E-state index in [1.54, 1.807) is 7.11 Å². The number of anilines is 1. The van der Waals surface area contributed by atoms with Crippen molar-refractivity contribution in [2.75, 3.05) is 25.7 Å². The highest BCUT2D eigenvalue weighted by Crippen LogP contribution is 2.28. The molecule has 0 spiro atoms. The number of aryl methyl sites for hydroxylation is 1. The molecule has 1 aromatic heterocycles. The van der Waals surface area contributed by atoms with E-state index in [0.29, 0.717) is 18.9 Å². The van der Waals surface area contributed by atoms with Crippen LogP contribution in [-0.2, 0) is 14.3 Å². The monoisotopic (exact) mass is 400 g/mol. The molecule has 1 amide bonds. The lowest BCUT2D eigenvalue weighted by atomic mass is 10.0. The molecule has 1 aliphatic rings. The molecule has 156 valence electrons. The van der Waals surface area contributed by atoms with Gasteiger partial charge in [0.05, 0.1) is 25.4 Å². The van der Waals surface area contributed by atoms with Gasteiger partial charge in [0.2, 0.25) is 11.9 Å². The zero-order valence-corrected chi connectivity index (χ0v) is 17.6. The lowest BCUT2D eigenvalue weighted by Crippen LogP contribution is -2.52. The van der Waals surface area contributed by atoms with E-state index in [2.05, 4.69) is 15.3 Å². The first-order chi connectivity index (χ1) is 13.8. The summed E-state index contributed by atoms with van der Waals surface area (Å²) < 4.78 is 10.1. The lowest BCUT2D eigenvalue weighted by molar-refractivity contribution is -0.146. The van der Waals surface area contributed by atoms with Crippen LogP contribution in [0.15, 0.2) is 18.2 Å². The molecule has 2 heterocycles. The summed E-state index contributed by atoms with van der Waals surface area (Å²) in [4.78, 5) is 36.2. The first-order valence-electron chi connectivity index (χ1n) is 9.83. The van der Waals surface area contributed by atoms with Gasteiger partial charge in [-0.2, -0.15) is 0 Å². The molecule has 8 nitrogen and oxygen atoms in total. The van der Waals surface area contributed by atoms with Crippen LogP contribution in [0.5, 0.6) is 5.75 Å². The second-order valence-electron chi connectivity index (χ2n) is 7.60. The van der Waals surface area contributed by atoms with Crippen LogP contribution < -0.4 is 15.0 Å². The molecule has 0 unspecified atom stereocenters. The van der Waals surface area contributed by atoms with Gasteiger partial charge in [0.25, 0.3) is 0 Å².